The average Bonchev–Trinajstić information content (AvgIpc) is 2.88. The van der Waals surface area contributed by atoms with E-state index in [4.69, 9.17) is 18.8 Å². The average molecular weight is 622 g/mol. The van der Waals surface area contributed by atoms with Gasteiger partial charge in [-0.05, 0) is 106 Å². The second-order valence-corrected chi connectivity index (χ2v) is 15.4. The summed E-state index contributed by atoms with van der Waals surface area (Å²) in [6, 6.07) is 23.2. The highest BCUT2D eigenvalue weighted by molar-refractivity contribution is 7.97. The molecular formula is C32H39F2O6S2+. The smallest absolute Gasteiger partial charge is 0.405 e. The summed E-state index contributed by atoms with van der Waals surface area (Å²) in [6.45, 7) is 13.4. The second-order valence-electron chi connectivity index (χ2n) is 11.9. The van der Waals surface area contributed by atoms with Gasteiger partial charge in [0.15, 0.2) is 26.6 Å². The van der Waals surface area contributed by atoms with Crippen molar-refractivity contribution < 1.29 is 36.0 Å². The molecule has 0 amide bonds. The van der Waals surface area contributed by atoms with Crippen LogP contribution in [0.15, 0.2) is 87.5 Å². The zero-order valence-electron chi connectivity index (χ0n) is 24.9. The van der Waals surface area contributed by atoms with Gasteiger partial charge in [0.2, 0.25) is 0 Å². The minimum atomic E-state index is -5.63. The molecule has 0 bridgehead atoms. The van der Waals surface area contributed by atoms with E-state index in [1.54, 1.807) is 12.1 Å². The third kappa shape index (κ3) is 7.00. The van der Waals surface area contributed by atoms with Crippen molar-refractivity contribution in [2.24, 2.45) is 0 Å². The summed E-state index contributed by atoms with van der Waals surface area (Å²) in [5.74, 6) is -0.804. The Labute approximate surface area is 250 Å². The van der Waals surface area contributed by atoms with Gasteiger partial charge in [-0.2, -0.15) is 17.2 Å². The van der Waals surface area contributed by atoms with Crippen molar-refractivity contribution in [3.8, 4) is 5.75 Å². The molecule has 4 rings (SSSR count). The molecule has 1 N–H and O–H groups in total. The van der Waals surface area contributed by atoms with Crippen LogP contribution in [0.1, 0.15) is 66.0 Å². The summed E-state index contributed by atoms with van der Waals surface area (Å²) in [5.41, 5.74) is 2.10. The highest BCUT2D eigenvalue weighted by Crippen LogP contribution is 2.39. The SMILES string of the molecule is CC1CC(C)OC(C)(c2ccc([S+](c3ccc(OC(C)C(F)(F)S(=O)(=O)O)cc3)c3ccc(C(C)(C)C)cc3)cc2)O1. The Kier molecular flexibility index (Phi) is 9.17. The van der Waals surface area contributed by atoms with Gasteiger partial charge in [-0.1, -0.05) is 32.9 Å². The molecule has 42 heavy (non-hydrogen) atoms. The fourth-order valence-corrected chi connectivity index (χ4v) is 7.53. The normalized spacial score (nSPS) is 23.3. The largest absolute Gasteiger partial charge is 0.483 e. The van der Waals surface area contributed by atoms with E-state index in [9.17, 15) is 17.2 Å². The van der Waals surface area contributed by atoms with Crippen LogP contribution in [0, 0.1) is 0 Å². The molecule has 10 heteroatoms. The molecule has 1 aliphatic heterocycles. The Morgan fingerprint density at radius 1 is 0.881 bits per heavy atom. The minimum absolute atomic E-state index is 0.0116. The van der Waals surface area contributed by atoms with Gasteiger partial charge in [-0.15, -0.1) is 0 Å². The zero-order valence-corrected chi connectivity index (χ0v) is 26.6. The van der Waals surface area contributed by atoms with Gasteiger partial charge >= 0.3 is 15.4 Å². The van der Waals surface area contributed by atoms with Crippen molar-refractivity contribution in [3.63, 3.8) is 0 Å². The van der Waals surface area contributed by atoms with E-state index < -0.39 is 38.2 Å². The minimum Gasteiger partial charge on any atom is -0.483 e. The van der Waals surface area contributed by atoms with E-state index in [0.29, 0.717) is 0 Å². The molecule has 1 aliphatic rings. The molecular weight excluding hydrogens is 582 g/mol. The first kappa shape index (κ1) is 32.4. The Morgan fingerprint density at radius 3 is 1.74 bits per heavy atom. The van der Waals surface area contributed by atoms with Crippen LogP contribution < -0.4 is 4.74 Å². The van der Waals surface area contributed by atoms with Crippen molar-refractivity contribution >= 4 is 21.0 Å². The summed E-state index contributed by atoms with van der Waals surface area (Å²) in [6.07, 6.45) is -1.14. The summed E-state index contributed by atoms with van der Waals surface area (Å²) in [7, 11) is -6.19. The van der Waals surface area contributed by atoms with E-state index in [1.807, 2.05) is 32.9 Å². The van der Waals surface area contributed by atoms with Crippen LogP contribution in [-0.2, 0) is 41.7 Å². The molecule has 0 spiro atoms. The summed E-state index contributed by atoms with van der Waals surface area (Å²) >= 11 is 0. The summed E-state index contributed by atoms with van der Waals surface area (Å²) < 4.78 is 76.8. The number of hydrogen-bond acceptors (Lipinski definition) is 5. The van der Waals surface area contributed by atoms with Crippen molar-refractivity contribution in [2.45, 2.75) is 104 Å². The van der Waals surface area contributed by atoms with Crippen LogP contribution in [0.25, 0.3) is 0 Å². The number of ether oxygens (including phenoxy) is 3. The molecule has 228 valence electrons. The maximum absolute atomic E-state index is 14.0. The van der Waals surface area contributed by atoms with Crippen molar-refractivity contribution in [2.75, 3.05) is 0 Å². The van der Waals surface area contributed by atoms with Gasteiger partial charge in [0.05, 0.1) is 23.1 Å². The lowest BCUT2D eigenvalue weighted by atomic mass is 9.87. The lowest BCUT2D eigenvalue weighted by Gasteiger charge is -2.41. The van der Waals surface area contributed by atoms with E-state index in [-0.39, 0.29) is 23.4 Å². The molecule has 3 aromatic carbocycles. The van der Waals surface area contributed by atoms with Gasteiger partial charge in [-0.3, -0.25) is 4.55 Å². The third-order valence-electron chi connectivity index (χ3n) is 7.28. The molecule has 1 heterocycles. The van der Waals surface area contributed by atoms with Crippen molar-refractivity contribution in [1.29, 1.82) is 0 Å². The number of benzene rings is 3. The molecule has 1 fully saturated rings. The topological polar surface area (TPSA) is 82.1 Å². The van der Waals surface area contributed by atoms with Gasteiger partial charge < -0.3 is 14.2 Å². The van der Waals surface area contributed by atoms with Gasteiger partial charge in [0, 0.05) is 5.56 Å². The third-order valence-corrected chi connectivity index (χ3v) is 10.5. The predicted octanol–water partition coefficient (Wildman–Crippen LogP) is 7.71. The lowest BCUT2D eigenvalue weighted by Crippen LogP contribution is -2.42. The lowest BCUT2D eigenvalue weighted by molar-refractivity contribution is -0.311. The molecule has 4 atom stereocenters. The first-order chi connectivity index (χ1) is 19.4. The Hall–Kier alpha value is -2.50. The standard InChI is InChI=1S/C32H38F2O6S2/c1-21-20-22(2)40-31(7,39-21)25-10-16-28(17-11-25)41(27-14-8-24(9-15-27)30(4,5)6)29-18-12-26(13-19-29)38-23(3)32(33,34)42(35,36)37/h8-19,21-23H,20H2,1-7H3/p+1. The quantitative estimate of drug-likeness (QED) is 0.205. The summed E-state index contributed by atoms with van der Waals surface area (Å²) in [5, 5.41) is -4.45. The molecule has 1 saturated heterocycles. The molecule has 4 unspecified atom stereocenters. The monoisotopic (exact) mass is 621 g/mol. The highest BCUT2D eigenvalue weighted by atomic mass is 32.2. The van der Waals surface area contributed by atoms with Gasteiger partial charge in [0.1, 0.15) is 5.75 Å². The molecule has 6 nitrogen and oxygen atoms in total. The number of alkyl halides is 2. The second kappa shape index (κ2) is 11.9. The zero-order chi connectivity index (χ0) is 31.1. The maximum atomic E-state index is 14.0. The van der Waals surface area contributed by atoms with Crippen LogP contribution in [-0.4, -0.2) is 36.5 Å². The molecule has 0 saturated carbocycles. The van der Waals surface area contributed by atoms with E-state index in [1.165, 1.54) is 17.7 Å². The Balaban J connectivity index is 1.68. The van der Waals surface area contributed by atoms with E-state index in [2.05, 4.69) is 57.2 Å². The number of rotatable bonds is 8. The van der Waals surface area contributed by atoms with Gasteiger partial charge in [-0.25, -0.2) is 0 Å². The maximum Gasteiger partial charge on any atom is 0.405 e. The number of hydrogen-bond donors (Lipinski definition) is 1. The fourth-order valence-electron chi connectivity index (χ4n) is 5.03. The summed E-state index contributed by atoms with van der Waals surface area (Å²) in [4.78, 5) is 3.00. The van der Waals surface area contributed by atoms with Crippen molar-refractivity contribution in [1.82, 2.24) is 0 Å². The van der Waals surface area contributed by atoms with Crippen LogP contribution in [0.5, 0.6) is 5.75 Å². The van der Waals surface area contributed by atoms with Crippen LogP contribution in [0.2, 0.25) is 0 Å². The molecule has 3 aromatic rings. The van der Waals surface area contributed by atoms with E-state index >= 15 is 0 Å². The fraction of sp³-hybridized carbons (Fsp3) is 0.438. The first-order valence-corrected chi connectivity index (χ1v) is 16.5. The number of halogens is 2. The molecule has 0 radical (unpaired) electrons. The molecule has 0 aromatic heterocycles. The highest BCUT2D eigenvalue weighted by Gasteiger charge is 2.51. The van der Waals surface area contributed by atoms with Gasteiger partial charge in [0.25, 0.3) is 0 Å². The van der Waals surface area contributed by atoms with Crippen LogP contribution in [0.4, 0.5) is 8.78 Å². The van der Waals surface area contributed by atoms with Crippen LogP contribution >= 0.6 is 0 Å². The van der Waals surface area contributed by atoms with E-state index in [0.717, 1.165) is 33.6 Å². The van der Waals surface area contributed by atoms with Crippen LogP contribution in [0.3, 0.4) is 0 Å². The Morgan fingerprint density at radius 2 is 1.31 bits per heavy atom. The first-order valence-electron chi connectivity index (χ1n) is 13.8. The molecule has 0 aliphatic carbocycles. The van der Waals surface area contributed by atoms with Crippen molar-refractivity contribution in [3.05, 3.63) is 83.9 Å². The Bertz CT molecular complexity index is 1460. The predicted molar refractivity (Wildman–Crippen MR) is 160 cm³/mol.